The van der Waals surface area contributed by atoms with E-state index < -0.39 is 11.7 Å². The SMILES string of the molecule is FC(F)(F)c1ccn2ncc(-c3cccc(N4CCNCC4)n3)c2c1. The first-order chi connectivity index (χ1) is 12.0. The van der Waals surface area contributed by atoms with E-state index in [1.54, 1.807) is 12.3 Å². The van der Waals surface area contributed by atoms with Crippen LogP contribution in [0.2, 0.25) is 0 Å². The molecule has 0 atom stereocenters. The molecule has 1 saturated heterocycles. The molecule has 0 saturated carbocycles. The van der Waals surface area contributed by atoms with Crippen molar-refractivity contribution >= 4 is 11.3 Å². The van der Waals surface area contributed by atoms with Crippen LogP contribution in [0.5, 0.6) is 0 Å². The molecule has 1 aliphatic heterocycles. The molecular weight excluding hydrogens is 331 g/mol. The molecule has 3 aromatic rings. The summed E-state index contributed by atoms with van der Waals surface area (Å²) in [4.78, 5) is 6.80. The molecule has 1 fully saturated rings. The monoisotopic (exact) mass is 347 g/mol. The highest BCUT2D eigenvalue weighted by Gasteiger charge is 2.31. The lowest BCUT2D eigenvalue weighted by atomic mass is 10.1. The van der Waals surface area contributed by atoms with Gasteiger partial charge in [-0.15, -0.1) is 0 Å². The first-order valence-electron chi connectivity index (χ1n) is 8.00. The quantitative estimate of drug-likeness (QED) is 0.774. The predicted molar refractivity (Wildman–Crippen MR) is 88.5 cm³/mol. The second-order valence-electron chi connectivity index (χ2n) is 5.92. The van der Waals surface area contributed by atoms with Crippen molar-refractivity contribution in [1.82, 2.24) is 19.9 Å². The number of halogens is 3. The van der Waals surface area contributed by atoms with Crippen LogP contribution >= 0.6 is 0 Å². The molecule has 8 heteroatoms. The van der Waals surface area contributed by atoms with Gasteiger partial charge in [-0.2, -0.15) is 18.3 Å². The van der Waals surface area contributed by atoms with Crippen LogP contribution in [0.15, 0.2) is 42.7 Å². The highest BCUT2D eigenvalue weighted by atomic mass is 19.4. The predicted octanol–water partition coefficient (Wildman–Crippen LogP) is 2.82. The average Bonchev–Trinajstić information content (AvgIpc) is 3.05. The van der Waals surface area contributed by atoms with E-state index in [0.717, 1.165) is 44.1 Å². The fraction of sp³-hybridized carbons (Fsp3) is 0.294. The molecule has 25 heavy (non-hydrogen) atoms. The van der Waals surface area contributed by atoms with E-state index in [1.807, 2.05) is 12.1 Å². The zero-order valence-corrected chi connectivity index (χ0v) is 13.3. The summed E-state index contributed by atoms with van der Waals surface area (Å²) in [5.74, 6) is 0.824. The van der Waals surface area contributed by atoms with Gasteiger partial charge in [0.25, 0.3) is 0 Å². The van der Waals surface area contributed by atoms with Crippen molar-refractivity contribution < 1.29 is 13.2 Å². The number of nitrogens with zero attached hydrogens (tertiary/aromatic N) is 4. The summed E-state index contributed by atoms with van der Waals surface area (Å²) in [5.41, 5.74) is 0.897. The zero-order valence-electron chi connectivity index (χ0n) is 13.3. The summed E-state index contributed by atoms with van der Waals surface area (Å²) in [6.45, 7) is 3.47. The van der Waals surface area contributed by atoms with Gasteiger partial charge in [0.15, 0.2) is 0 Å². The summed E-state index contributed by atoms with van der Waals surface area (Å²) in [6.07, 6.45) is -1.51. The van der Waals surface area contributed by atoms with E-state index in [4.69, 9.17) is 0 Å². The fourth-order valence-electron chi connectivity index (χ4n) is 3.00. The van der Waals surface area contributed by atoms with Crippen LogP contribution in [0.3, 0.4) is 0 Å². The van der Waals surface area contributed by atoms with Crippen LogP contribution < -0.4 is 10.2 Å². The molecule has 4 heterocycles. The largest absolute Gasteiger partial charge is 0.416 e. The third-order valence-electron chi connectivity index (χ3n) is 4.30. The van der Waals surface area contributed by atoms with E-state index in [0.29, 0.717) is 16.8 Å². The van der Waals surface area contributed by atoms with Gasteiger partial charge >= 0.3 is 6.18 Å². The Kier molecular flexibility index (Phi) is 3.84. The Hall–Kier alpha value is -2.61. The lowest BCUT2D eigenvalue weighted by Gasteiger charge is -2.28. The summed E-state index contributed by atoms with van der Waals surface area (Å²) in [7, 11) is 0. The minimum absolute atomic E-state index is 0.389. The molecule has 4 rings (SSSR count). The molecule has 0 unspecified atom stereocenters. The molecule has 1 N–H and O–H groups in total. The Morgan fingerprint density at radius 2 is 1.88 bits per heavy atom. The number of hydrogen-bond acceptors (Lipinski definition) is 4. The van der Waals surface area contributed by atoms with Gasteiger partial charge in [-0.3, -0.25) is 0 Å². The maximum atomic E-state index is 13.0. The Bertz CT molecular complexity index is 897. The molecule has 0 radical (unpaired) electrons. The number of piperazine rings is 1. The van der Waals surface area contributed by atoms with E-state index in [9.17, 15) is 13.2 Å². The third kappa shape index (κ3) is 3.05. The number of pyridine rings is 2. The molecule has 0 bridgehead atoms. The Morgan fingerprint density at radius 1 is 1.08 bits per heavy atom. The van der Waals surface area contributed by atoms with E-state index in [2.05, 4.69) is 20.3 Å². The number of fused-ring (bicyclic) bond motifs is 1. The van der Waals surface area contributed by atoms with Gasteiger partial charge in [0.1, 0.15) is 5.82 Å². The van der Waals surface area contributed by atoms with Gasteiger partial charge in [0, 0.05) is 37.9 Å². The number of aromatic nitrogens is 3. The van der Waals surface area contributed by atoms with E-state index in [-0.39, 0.29) is 0 Å². The van der Waals surface area contributed by atoms with Gasteiger partial charge in [0.2, 0.25) is 0 Å². The molecule has 130 valence electrons. The molecule has 3 aromatic heterocycles. The molecule has 0 amide bonds. The van der Waals surface area contributed by atoms with Crippen molar-refractivity contribution in [3.63, 3.8) is 0 Å². The van der Waals surface area contributed by atoms with Crippen LogP contribution in [0.25, 0.3) is 16.8 Å². The fourth-order valence-corrected chi connectivity index (χ4v) is 3.00. The standard InChI is InChI=1S/C17H16F3N5/c18-17(19,20)12-4-7-25-15(10-12)13(11-22-25)14-2-1-3-16(23-14)24-8-5-21-6-9-24/h1-4,7,10-11,21H,5-6,8-9H2. The summed E-state index contributed by atoms with van der Waals surface area (Å²) >= 11 is 0. The first kappa shape index (κ1) is 15.9. The molecule has 0 aliphatic carbocycles. The lowest BCUT2D eigenvalue weighted by Crippen LogP contribution is -2.43. The van der Waals surface area contributed by atoms with Gasteiger partial charge in [-0.25, -0.2) is 9.50 Å². The minimum Gasteiger partial charge on any atom is -0.354 e. The summed E-state index contributed by atoms with van der Waals surface area (Å²) < 4.78 is 40.5. The van der Waals surface area contributed by atoms with Crippen LogP contribution in [0.1, 0.15) is 5.56 Å². The molecule has 0 aromatic carbocycles. The first-order valence-corrected chi connectivity index (χ1v) is 8.00. The maximum absolute atomic E-state index is 13.0. The number of alkyl halides is 3. The zero-order chi connectivity index (χ0) is 17.4. The lowest BCUT2D eigenvalue weighted by molar-refractivity contribution is -0.137. The van der Waals surface area contributed by atoms with Crippen LogP contribution in [-0.4, -0.2) is 40.8 Å². The molecule has 5 nitrogen and oxygen atoms in total. The minimum atomic E-state index is -4.39. The number of nitrogens with one attached hydrogen (secondary N) is 1. The molecular formula is C17H16F3N5. The topological polar surface area (TPSA) is 45.5 Å². The summed E-state index contributed by atoms with van der Waals surface area (Å²) in [6, 6.07) is 7.72. The highest BCUT2D eigenvalue weighted by molar-refractivity contribution is 5.78. The van der Waals surface area contributed by atoms with E-state index >= 15 is 0 Å². The second kappa shape index (κ2) is 6.03. The van der Waals surface area contributed by atoms with Crippen molar-refractivity contribution in [3.05, 3.63) is 48.3 Å². The van der Waals surface area contributed by atoms with Crippen LogP contribution in [0.4, 0.5) is 19.0 Å². The van der Waals surface area contributed by atoms with Crippen molar-refractivity contribution in [2.45, 2.75) is 6.18 Å². The number of anilines is 1. The Labute approximate surface area is 142 Å². The maximum Gasteiger partial charge on any atom is 0.416 e. The van der Waals surface area contributed by atoms with Gasteiger partial charge < -0.3 is 10.2 Å². The summed E-state index contributed by atoms with van der Waals surface area (Å²) in [5, 5.41) is 7.43. The smallest absolute Gasteiger partial charge is 0.354 e. The van der Waals surface area contributed by atoms with Crippen molar-refractivity contribution in [2.75, 3.05) is 31.1 Å². The van der Waals surface area contributed by atoms with Gasteiger partial charge in [0.05, 0.1) is 23.0 Å². The molecule has 0 spiro atoms. The molecule has 1 aliphatic rings. The van der Waals surface area contributed by atoms with Gasteiger partial charge in [-0.1, -0.05) is 6.07 Å². The van der Waals surface area contributed by atoms with Crippen molar-refractivity contribution in [2.24, 2.45) is 0 Å². The van der Waals surface area contributed by atoms with Crippen LogP contribution in [0, 0.1) is 0 Å². The van der Waals surface area contributed by atoms with E-state index in [1.165, 1.54) is 10.7 Å². The number of rotatable bonds is 2. The number of hydrogen-bond donors (Lipinski definition) is 1. The normalized spacial score (nSPS) is 15.7. The third-order valence-corrected chi connectivity index (χ3v) is 4.30. The second-order valence-corrected chi connectivity index (χ2v) is 5.92. The Balaban J connectivity index is 1.76. The van der Waals surface area contributed by atoms with Crippen LogP contribution in [-0.2, 0) is 6.18 Å². The Morgan fingerprint density at radius 3 is 2.64 bits per heavy atom. The van der Waals surface area contributed by atoms with Crippen molar-refractivity contribution in [1.29, 1.82) is 0 Å². The van der Waals surface area contributed by atoms with Gasteiger partial charge in [-0.05, 0) is 24.3 Å². The average molecular weight is 347 g/mol. The highest BCUT2D eigenvalue weighted by Crippen LogP contribution is 2.32. The van der Waals surface area contributed by atoms with Crippen molar-refractivity contribution in [3.8, 4) is 11.3 Å².